The molecule has 1 saturated heterocycles. The monoisotopic (exact) mass is 259 g/mol. The molecule has 4 heteroatoms. The molecule has 0 bridgehead atoms. The maximum absolute atomic E-state index is 12.0. The van der Waals surface area contributed by atoms with Crippen molar-refractivity contribution in [3.8, 4) is 12.3 Å². The smallest absolute Gasteiger partial charge is 0.411 e. The first-order valence-electron chi connectivity index (χ1n) is 6.30. The molecule has 0 aliphatic carbocycles. The van der Waals surface area contributed by atoms with Crippen LogP contribution >= 0.6 is 0 Å². The molecule has 1 heterocycles. The predicted octanol–water partition coefficient (Wildman–Crippen LogP) is 2.05. The van der Waals surface area contributed by atoms with Crippen LogP contribution in [0.2, 0.25) is 0 Å². The number of carbonyl (C=O) groups is 1. The van der Waals surface area contributed by atoms with Gasteiger partial charge in [0, 0.05) is 6.61 Å². The lowest BCUT2D eigenvalue weighted by molar-refractivity contribution is 0.0809. The first-order valence-corrected chi connectivity index (χ1v) is 6.30. The Morgan fingerprint density at radius 3 is 2.89 bits per heavy atom. The van der Waals surface area contributed by atoms with E-state index in [1.54, 1.807) is 4.90 Å². The van der Waals surface area contributed by atoms with E-state index in [1.165, 1.54) is 0 Å². The van der Waals surface area contributed by atoms with Gasteiger partial charge in [0.25, 0.3) is 0 Å². The maximum Gasteiger partial charge on any atom is 0.411 e. The third kappa shape index (κ3) is 3.73. The summed E-state index contributed by atoms with van der Waals surface area (Å²) in [4.78, 5) is 13.6. The van der Waals surface area contributed by atoms with Crippen LogP contribution in [0, 0.1) is 12.3 Å². The Morgan fingerprint density at radius 2 is 2.26 bits per heavy atom. The fourth-order valence-electron chi connectivity index (χ4n) is 2.01. The number of rotatable bonds is 4. The largest absolute Gasteiger partial charge is 0.445 e. The number of benzene rings is 1. The van der Waals surface area contributed by atoms with Gasteiger partial charge >= 0.3 is 6.09 Å². The molecule has 0 N–H and O–H groups in total. The Morgan fingerprint density at radius 1 is 1.47 bits per heavy atom. The second-order valence-electron chi connectivity index (χ2n) is 4.39. The lowest BCUT2D eigenvalue weighted by atomic mass is 10.2. The number of carbonyl (C=O) groups excluding carboxylic acids is 1. The molecular formula is C15H17NO3. The first-order chi connectivity index (χ1) is 9.31. The summed E-state index contributed by atoms with van der Waals surface area (Å²) in [5.41, 5.74) is 0.958. The van der Waals surface area contributed by atoms with Gasteiger partial charge in [-0.3, -0.25) is 4.90 Å². The number of amides is 1. The van der Waals surface area contributed by atoms with Crippen LogP contribution in [0.25, 0.3) is 0 Å². The van der Waals surface area contributed by atoms with Crippen molar-refractivity contribution in [2.45, 2.75) is 19.1 Å². The highest BCUT2D eigenvalue weighted by Crippen LogP contribution is 2.14. The summed E-state index contributed by atoms with van der Waals surface area (Å²) in [6.45, 7) is 1.70. The molecular weight excluding hydrogens is 242 g/mol. The van der Waals surface area contributed by atoms with E-state index in [9.17, 15) is 4.79 Å². The number of nitrogens with zero attached hydrogens (tertiary/aromatic N) is 1. The summed E-state index contributed by atoms with van der Waals surface area (Å²) < 4.78 is 10.6. The zero-order valence-electron chi connectivity index (χ0n) is 10.7. The van der Waals surface area contributed by atoms with Crippen molar-refractivity contribution in [3.63, 3.8) is 0 Å². The van der Waals surface area contributed by atoms with Crippen molar-refractivity contribution >= 4 is 6.09 Å². The summed E-state index contributed by atoms with van der Waals surface area (Å²) in [5, 5.41) is 0. The molecule has 1 aliphatic heterocycles. The lowest BCUT2D eigenvalue weighted by Crippen LogP contribution is -2.41. The zero-order valence-corrected chi connectivity index (χ0v) is 10.7. The molecule has 19 heavy (non-hydrogen) atoms. The molecule has 1 aliphatic rings. The van der Waals surface area contributed by atoms with Crippen LogP contribution < -0.4 is 0 Å². The standard InChI is InChI=1S/C15H17NO3/c1-2-9-16(14-8-10-18-12-14)15(17)19-11-13-6-4-3-5-7-13/h1,3-7,14H,8-12H2. The van der Waals surface area contributed by atoms with Gasteiger partial charge in [0.2, 0.25) is 0 Å². The lowest BCUT2D eigenvalue weighted by Gasteiger charge is -2.25. The van der Waals surface area contributed by atoms with Crippen molar-refractivity contribution in [1.82, 2.24) is 4.90 Å². The summed E-state index contributed by atoms with van der Waals surface area (Å²) in [7, 11) is 0. The molecule has 0 spiro atoms. The number of hydrogen-bond donors (Lipinski definition) is 0. The van der Waals surface area contributed by atoms with E-state index < -0.39 is 0 Å². The summed E-state index contributed by atoms with van der Waals surface area (Å²) in [6, 6.07) is 9.60. The highest BCUT2D eigenvalue weighted by Gasteiger charge is 2.27. The average Bonchev–Trinajstić information content (AvgIpc) is 2.97. The average molecular weight is 259 g/mol. The molecule has 2 rings (SSSR count). The summed E-state index contributed by atoms with van der Waals surface area (Å²) in [6.07, 6.45) is 5.73. The van der Waals surface area contributed by atoms with Crippen LogP contribution in [0.15, 0.2) is 30.3 Å². The van der Waals surface area contributed by atoms with Crippen LogP contribution in [0.4, 0.5) is 4.79 Å². The third-order valence-corrected chi connectivity index (χ3v) is 3.05. The number of ether oxygens (including phenoxy) is 2. The van der Waals surface area contributed by atoms with E-state index in [1.807, 2.05) is 30.3 Å². The van der Waals surface area contributed by atoms with Crippen LogP contribution in [-0.4, -0.2) is 36.8 Å². The Bertz CT molecular complexity index is 446. The quantitative estimate of drug-likeness (QED) is 0.777. The Kier molecular flexibility index (Phi) is 4.82. The van der Waals surface area contributed by atoms with Gasteiger partial charge in [-0.15, -0.1) is 6.42 Å². The van der Waals surface area contributed by atoms with Crippen LogP contribution in [0.5, 0.6) is 0 Å². The zero-order chi connectivity index (χ0) is 13.5. The molecule has 1 aromatic carbocycles. The molecule has 100 valence electrons. The second kappa shape index (κ2) is 6.81. The maximum atomic E-state index is 12.0. The van der Waals surface area contributed by atoms with E-state index in [0.717, 1.165) is 12.0 Å². The highest BCUT2D eigenvalue weighted by atomic mass is 16.6. The van der Waals surface area contributed by atoms with Crippen LogP contribution in [0.1, 0.15) is 12.0 Å². The van der Waals surface area contributed by atoms with Gasteiger partial charge in [-0.25, -0.2) is 4.79 Å². The van der Waals surface area contributed by atoms with Gasteiger partial charge in [0.05, 0.1) is 19.2 Å². The number of hydrogen-bond acceptors (Lipinski definition) is 3. The van der Waals surface area contributed by atoms with Crippen LogP contribution in [-0.2, 0) is 16.1 Å². The van der Waals surface area contributed by atoms with E-state index in [0.29, 0.717) is 13.2 Å². The van der Waals surface area contributed by atoms with Crippen molar-refractivity contribution in [2.75, 3.05) is 19.8 Å². The molecule has 1 fully saturated rings. The second-order valence-corrected chi connectivity index (χ2v) is 4.39. The molecule has 0 aromatic heterocycles. The van der Waals surface area contributed by atoms with Gasteiger partial charge in [-0.05, 0) is 12.0 Å². The third-order valence-electron chi connectivity index (χ3n) is 3.05. The molecule has 1 amide bonds. The SMILES string of the molecule is C#CCN(C(=O)OCc1ccccc1)C1CCOC1. The minimum Gasteiger partial charge on any atom is -0.445 e. The van der Waals surface area contributed by atoms with Gasteiger partial charge in [-0.1, -0.05) is 36.3 Å². The molecule has 0 radical (unpaired) electrons. The molecule has 0 saturated carbocycles. The van der Waals surface area contributed by atoms with E-state index in [2.05, 4.69) is 5.92 Å². The minimum atomic E-state index is -0.377. The topological polar surface area (TPSA) is 38.8 Å². The van der Waals surface area contributed by atoms with Crippen molar-refractivity contribution in [2.24, 2.45) is 0 Å². The van der Waals surface area contributed by atoms with Gasteiger partial charge in [-0.2, -0.15) is 0 Å². The van der Waals surface area contributed by atoms with Gasteiger partial charge in [0.15, 0.2) is 0 Å². The fourth-order valence-corrected chi connectivity index (χ4v) is 2.01. The van der Waals surface area contributed by atoms with Crippen molar-refractivity contribution < 1.29 is 14.3 Å². The fraction of sp³-hybridized carbons (Fsp3) is 0.400. The Balaban J connectivity index is 1.90. The summed E-state index contributed by atoms with van der Waals surface area (Å²) >= 11 is 0. The van der Waals surface area contributed by atoms with Gasteiger partial charge in [0.1, 0.15) is 6.61 Å². The van der Waals surface area contributed by atoms with E-state index in [4.69, 9.17) is 15.9 Å². The first kappa shape index (κ1) is 13.4. The van der Waals surface area contributed by atoms with E-state index in [-0.39, 0.29) is 25.3 Å². The van der Waals surface area contributed by atoms with E-state index >= 15 is 0 Å². The molecule has 1 unspecified atom stereocenters. The Labute approximate surface area is 113 Å². The number of terminal acetylenes is 1. The normalized spacial score (nSPS) is 17.7. The van der Waals surface area contributed by atoms with Crippen LogP contribution in [0.3, 0.4) is 0 Å². The highest BCUT2D eigenvalue weighted by molar-refractivity contribution is 5.68. The predicted molar refractivity (Wildman–Crippen MR) is 71.4 cm³/mol. The summed E-state index contributed by atoms with van der Waals surface area (Å²) in [5.74, 6) is 2.49. The Hall–Kier alpha value is -1.99. The molecule has 1 aromatic rings. The molecule has 4 nitrogen and oxygen atoms in total. The van der Waals surface area contributed by atoms with Gasteiger partial charge < -0.3 is 9.47 Å². The van der Waals surface area contributed by atoms with Crippen molar-refractivity contribution in [1.29, 1.82) is 0 Å². The van der Waals surface area contributed by atoms with Crippen molar-refractivity contribution in [3.05, 3.63) is 35.9 Å². The minimum absolute atomic E-state index is 0.0272. The molecule has 1 atom stereocenters.